The SMILES string of the molecule is CCOC(=O)c1c[nH]c2ncnc(-c3ccc(C)c(NCC(F)(F)F)c3)c12. The van der Waals surface area contributed by atoms with Crippen LogP contribution in [0.4, 0.5) is 18.9 Å². The molecule has 0 radical (unpaired) electrons. The van der Waals surface area contributed by atoms with Crippen LogP contribution >= 0.6 is 0 Å². The second kappa shape index (κ2) is 7.26. The molecule has 0 atom stereocenters. The van der Waals surface area contributed by atoms with Gasteiger partial charge in [0.25, 0.3) is 0 Å². The van der Waals surface area contributed by atoms with Gasteiger partial charge in [-0.3, -0.25) is 0 Å². The van der Waals surface area contributed by atoms with Crippen LogP contribution in [0.1, 0.15) is 22.8 Å². The second-order valence-corrected chi connectivity index (χ2v) is 5.87. The van der Waals surface area contributed by atoms with Gasteiger partial charge in [-0.1, -0.05) is 12.1 Å². The first kappa shape index (κ1) is 18.7. The molecule has 0 amide bonds. The minimum absolute atomic E-state index is 0.213. The standard InChI is InChI=1S/C18H17F3N4O2/c1-3-27-17(26)12-7-22-16-14(12)15(24-9-25-16)11-5-4-10(2)13(6-11)23-8-18(19,20)21/h4-7,9,23H,3,8H2,1-2H3,(H,22,24,25). The summed E-state index contributed by atoms with van der Waals surface area (Å²) in [5.41, 5.74) is 2.70. The number of nitrogens with one attached hydrogen (secondary N) is 2. The molecule has 3 rings (SSSR count). The van der Waals surface area contributed by atoms with E-state index in [2.05, 4.69) is 20.3 Å². The summed E-state index contributed by atoms with van der Waals surface area (Å²) in [6.07, 6.45) is -1.52. The number of carbonyl (C=O) groups excluding carboxylic acids is 1. The Morgan fingerprint density at radius 1 is 1.30 bits per heavy atom. The molecule has 0 bridgehead atoms. The number of carbonyl (C=O) groups is 1. The fourth-order valence-corrected chi connectivity index (χ4v) is 2.71. The average Bonchev–Trinajstić information content (AvgIpc) is 3.05. The van der Waals surface area contributed by atoms with Crippen LogP contribution in [0.15, 0.2) is 30.7 Å². The smallest absolute Gasteiger partial charge is 0.405 e. The van der Waals surface area contributed by atoms with Crippen molar-refractivity contribution in [1.82, 2.24) is 15.0 Å². The molecule has 142 valence electrons. The number of halogens is 3. The van der Waals surface area contributed by atoms with Crippen molar-refractivity contribution in [2.24, 2.45) is 0 Å². The lowest BCUT2D eigenvalue weighted by Crippen LogP contribution is -2.21. The summed E-state index contributed by atoms with van der Waals surface area (Å²) in [4.78, 5) is 23.4. The minimum atomic E-state index is -4.33. The predicted octanol–water partition coefficient (Wildman–Crippen LogP) is 4.08. The molecule has 0 unspecified atom stereocenters. The Morgan fingerprint density at radius 2 is 2.07 bits per heavy atom. The number of aromatic nitrogens is 3. The number of rotatable bonds is 5. The molecule has 2 N–H and O–H groups in total. The number of alkyl halides is 3. The number of aryl methyl sites for hydroxylation is 1. The number of nitrogens with zero attached hydrogens (tertiary/aromatic N) is 2. The van der Waals surface area contributed by atoms with Gasteiger partial charge < -0.3 is 15.0 Å². The molecule has 3 aromatic rings. The van der Waals surface area contributed by atoms with Gasteiger partial charge in [0.15, 0.2) is 0 Å². The van der Waals surface area contributed by atoms with Crippen LogP contribution in [0.2, 0.25) is 0 Å². The molecular formula is C18H17F3N4O2. The van der Waals surface area contributed by atoms with E-state index in [0.29, 0.717) is 33.5 Å². The lowest BCUT2D eigenvalue weighted by atomic mass is 10.0. The second-order valence-electron chi connectivity index (χ2n) is 5.87. The highest BCUT2D eigenvalue weighted by atomic mass is 19.4. The number of ether oxygens (including phenoxy) is 1. The molecule has 0 saturated heterocycles. The lowest BCUT2D eigenvalue weighted by Gasteiger charge is -2.13. The third kappa shape index (κ3) is 4.02. The van der Waals surface area contributed by atoms with Crippen molar-refractivity contribution >= 4 is 22.7 Å². The van der Waals surface area contributed by atoms with Crippen molar-refractivity contribution in [2.45, 2.75) is 20.0 Å². The molecule has 2 heterocycles. The van der Waals surface area contributed by atoms with E-state index in [4.69, 9.17) is 4.74 Å². The lowest BCUT2D eigenvalue weighted by molar-refractivity contribution is -0.115. The van der Waals surface area contributed by atoms with Gasteiger partial charge in [-0.25, -0.2) is 14.8 Å². The van der Waals surface area contributed by atoms with E-state index in [-0.39, 0.29) is 12.2 Å². The van der Waals surface area contributed by atoms with Crippen LogP contribution in [-0.2, 0) is 4.74 Å². The van der Waals surface area contributed by atoms with Crippen LogP contribution < -0.4 is 5.32 Å². The highest BCUT2D eigenvalue weighted by molar-refractivity contribution is 6.08. The zero-order chi connectivity index (χ0) is 19.6. The summed E-state index contributed by atoms with van der Waals surface area (Å²) in [6.45, 7) is 2.47. The highest BCUT2D eigenvalue weighted by Gasteiger charge is 2.27. The highest BCUT2D eigenvalue weighted by Crippen LogP contribution is 2.31. The van der Waals surface area contributed by atoms with Gasteiger partial charge in [-0.05, 0) is 25.5 Å². The van der Waals surface area contributed by atoms with E-state index in [1.807, 2.05) is 0 Å². The molecule has 0 saturated carbocycles. The summed E-state index contributed by atoms with van der Waals surface area (Å²) in [7, 11) is 0. The first-order valence-electron chi connectivity index (χ1n) is 8.21. The Balaban J connectivity index is 2.07. The molecule has 0 aliphatic carbocycles. The van der Waals surface area contributed by atoms with Crippen molar-refractivity contribution in [1.29, 1.82) is 0 Å². The van der Waals surface area contributed by atoms with Crippen LogP contribution in [0.3, 0.4) is 0 Å². The molecule has 1 aromatic carbocycles. The van der Waals surface area contributed by atoms with E-state index in [1.54, 1.807) is 32.0 Å². The fraction of sp³-hybridized carbons (Fsp3) is 0.278. The molecule has 2 aromatic heterocycles. The Hall–Kier alpha value is -3.10. The normalized spacial score (nSPS) is 11.6. The van der Waals surface area contributed by atoms with Gasteiger partial charge >= 0.3 is 12.1 Å². The van der Waals surface area contributed by atoms with Crippen molar-refractivity contribution < 1.29 is 22.7 Å². The third-order valence-electron chi connectivity index (χ3n) is 3.96. The van der Waals surface area contributed by atoms with Crippen molar-refractivity contribution in [2.75, 3.05) is 18.5 Å². The first-order chi connectivity index (χ1) is 12.8. The van der Waals surface area contributed by atoms with Crippen LogP contribution in [0.25, 0.3) is 22.3 Å². The summed E-state index contributed by atoms with van der Waals surface area (Å²) in [5.74, 6) is -0.526. The Labute approximate surface area is 152 Å². The maximum absolute atomic E-state index is 12.5. The zero-order valence-electron chi connectivity index (χ0n) is 14.6. The molecule has 0 spiro atoms. The maximum atomic E-state index is 12.5. The number of esters is 1. The van der Waals surface area contributed by atoms with E-state index >= 15 is 0 Å². The quantitative estimate of drug-likeness (QED) is 0.654. The minimum Gasteiger partial charge on any atom is -0.462 e. The predicted molar refractivity (Wildman–Crippen MR) is 94.6 cm³/mol. The molecule has 27 heavy (non-hydrogen) atoms. The first-order valence-corrected chi connectivity index (χ1v) is 8.21. The number of hydrogen-bond acceptors (Lipinski definition) is 5. The molecule has 0 fully saturated rings. The van der Waals surface area contributed by atoms with E-state index < -0.39 is 18.7 Å². The molecule has 9 heteroatoms. The Bertz CT molecular complexity index is 982. The summed E-state index contributed by atoms with van der Waals surface area (Å²) < 4.78 is 42.7. The van der Waals surface area contributed by atoms with Crippen LogP contribution in [0, 0.1) is 6.92 Å². The van der Waals surface area contributed by atoms with E-state index in [9.17, 15) is 18.0 Å². The number of benzene rings is 1. The summed E-state index contributed by atoms with van der Waals surface area (Å²) in [6, 6.07) is 5.00. The molecular weight excluding hydrogens is 361 g/mol. The van der Waals surface area contributed by atoms with Gasteiger partial charge in [0, 0.05) is 17.4 Å². The number of anilines is 1. The van der Waals surface area contributed by atoms with Crippen LogP contribution in [0.5, 0.6) is 0 Å². The van der Waals surface area contributed by atoms with Gasteiger partial charge in [0.1, 0.15) is 18.5 Å². The summed E-state index contributed by atoms with van der Waals surface area (Å²) >= 11 is 0. The van der Waals surface area contributed by atoms with Gasteiger partial charge in [0.2, 0.25) is 0 Å². The van der Waals surface area contributed by atoms with Crippen molar-refractivity contribution in [3.05, 3.63) is 41.9 Å². The third-order valence-corrected chi connectivity index (χ3v) is 3.96. The Morgan fingerprint density at radius 3 is 2.78 bits per heavy atom. The molecule has 0 aliphatic heterocycles. The topological polar surface area (TPSA) is 79.9 Å². The largest absolute Gasteiger partial charge is 0.462 e. The number of aromatic amines is 1. The van der Waals surface area contributed by atoms with Gasteiger partial charge in [0.05, 0.1) is 23.3 Å². The van der Waals surface area contributed by atoms with Gasteiger partial charge in [-0.2, -0.15) is 13.2 Å². The molecule has 6 nitrogen and oxygen atoms in total. The van der Waals surface area contributed by atoms with Gasteiger partial charge in [-0.15, -0.1) is 0 Å². The van der Waals surface area contributed by atoms with E-state index in [1.165, 1.54) is 12.5 Å². The number of hydrogen-bond donors (Lipinski definition) is 2. The summed E-state index contributed by atoms with van der Waals surface area (Å²) in [5, 5.41) is 2.85. The fourth-order valence-electron chi connectivity index (χ4n) is 2.71. The molecule has 0 aliphatic rings. The zero-order valence-corrected chi connectivity index (χ0v) is 14.6. The van der Waals surface area contributed by atoms with Crippen molar-refractivity contribution in [3.63, 3.8) is 0 Å². The van der Waals surface area contributed by atoms with Crippen LogP contribution in [-0.4, -0.2) is 40.2 Å². The number of H-pyrrole nitrogens is 1. The van der Waals surface area contributed by atoms with E-state index in [0.717, 1.165) is 0 Å². The monoisotopic (exact) mass is 378 g/mol. The number of fused-ring (bicyclic) bond motifs is 1. The Kier molecular flexibility index (Phi) is 5.02. The average molecular weight is 378 g/mol. The maximum Gasteiger partial charge on any atom is 0.405 e. The van der Waals surface area contributed by atoms with Crippen molar-refractivity contribution in [3.8, 4) is 11.3 Å².